The van der Waals surface area contributed by atoms with Crippen LogP contribution in [0.1, 0.15) is 70.2 Å². The largest absolute Gasteiger partial charge is 0.362 e. The lowest BCUT2D eigenvalue weighted by molar-refractivity contribution is 0.0941. The minimum absolute atomic E-state index is 0.00119. The molecule has 7 rings (SSSR count). The van der Waals surface area contributed by atoms with Gasteiger partial charge in [-0.3, -0.25) is 9.59 Å². The van der Waals surface area contributed by atoms with Crippen LogP contribution in [0.2, 0.25) is 0 Å². The fourth-order valence-corrected chi connectivity index (χ4v) is 6.73. The van der Waals surface area contributed by atoms with E-state index < -0.39 is 0 Å². The molecular formula is C34H35N5O2. The van der Waals surface area contributed by atoms with Gasteiger partial charge < -0.3 is 15.5 Å². The van der Waals surface area contributed by atoms with E-state index in [4.69, 9.17) is 9.97 Å². The lowest BCUT2D eigenvalue weighted by atomic mass is 9.79. The molecule has 3 aromatic carbocycles. The number of aromatic nitrogens is 2. The van der Waals surface area contributed by atoms with Gasteiger partial charge in [-0.15, -0.1) is 0 Å². The SMILES string of the molecule is CN(C)c1nc(C2NC2CC2CCC(CNC(=O)c3ccc4c(c3)C(=O)c3ccccc3-4)CC2)nc2ccccc12. The third kappa shape index (κ3) is 4.88. The van der Waals surface area contributed by atoms with Crippen LogP contribution in [0.15, 0.2) is 66.7 Å². The van der Waals surface area contributed by atoms with E-state index in [0.717, 1.165) is 52.9 Å². The number of rotatable bonds is 7. The van der Waals surface area contributed by atoms with Crippen molar-refractivity contribution < 1.29 is 9.59 Å². The standard InChI is InChI=1S/C34H35N5O2/c1-39(2)33-26-9-5-6-10-28(26)37-32(38-33)30-29(36-30)17-20-11-13-21(14-12-20)19-35-34(41)22-15-16-24-23-7-3-4-8-25(23)31(40)27(24)18-22/h3-10,15-16,18,20-21,29-30,36H,11-14,17,19H2,1-2H3,(H,35,41). The molecule has 4 aromatic rings. The summed E-state index contributed by atoms with van der Waals surface area (Å²) in [6, 6.07) is 22.0. The van der Waals surface area contributed by atoms with Gasteiger partial charge >= 0.3 is 0 Å². The molecule has 7 nitrogen and oxygen atoms in total. The van der Waals surface area contributed by atoms with E-state index in [0.29, 0.717) is 41.1 Å². The van der Waals surface area contributed by atoms with Gasteiger partial charge in [0.05, 0.1) is 11.6 Å². The van der Waals surface area contributed by atoms with Gasteiger partial charge in [-0.1, -0.05) is 55.3 Å². The molecule has 7 heteroatoms. The molecule has 2 heterocycles. The minimum atomic E-state index is -0.101. The number of carbonyl (C=O) groups is 2. The van der Waals surface area contributed by atoms with Crippen molar-refractivity contribution >= 4 is 28.4 Å². The third-order valence-electron chi connectivity index (χ3n) is 9.08. The van der Waals surface area contributed by atoms with E-state index in [9.17, 15) is 9.59 Å². The first kappa shape index (κ1) is 25.8. The first-order valence-corrected chi connectivity index (χ1v) is 14.7. The molecule has 41 heavy (non-hydrogen) atoms. The number of benzene rings is 3. The van der Waals surface area contributed by atoms with Crippen molar-refractivity contribution in [1.82, 2.24) is 20.6 Å². The maximum Gasteiger partial charge on any atom is 0.251 e. The minimum Gasteiger partial charge on any atom is -0.362 e. The zero-order chi connectivity index (χ0) is 28.1. The number of hydrogen-bond donors (Lipinski definition) is 2. The molecule has 0 bridgehead atoms. The zero-order valence-corrected chi connectivity index (χ0v) is 23.6. The Kier molecular flexibility index (Phi) is 6.54. The number of carbonyl (C=O) groups excluding carboxylic acids is 2. The van der Waals surface area contributed by atoms with Crippen LogP contribution in [0.4, 0.5) is 5.82 Å². The van der Waals surface area contributed by atoms with Crippen molar-refractivity contribution in [1.29, 1.82) is 0 Å². The van der Waals surface area contributed by atoms with Crippen molar-refractivity contribution in [3.05, 3.63) is 89.2 Å². The van der Waals surface area contributed by atoms with Crippen molar-refractivity contribution in [2.24, 2.45) is 11.8 Å². The van der Waals surface area contributed by atoms with Crippen molar-refractivity contribution in [3.63, 3.8) is 0 Å². The van der Waals surface area contributed by atoms with Crippen LogP contribution in [-0.2, 0) is 0 Å². The predicted octanol–water partition coefficient (Wildman–Crippen LogP) is 5.55. The Bertz CT molecular complexity index is 1660. The smallest absolute Gasteiger partial charge is 0.251 e. The summed E-state index contributed by atoms with van der Waals surface area (Å²) in [7, 11) is 4.06. The second-order valence-corrected chi connectivity index (χ2v) is 12.0. The highest BCUT2D eigenvalue weighted by Gasteiger charge is 2.42. The van der Waals surface area contributed by atoms with E-state index in [1.807, 2.05) is 62.6 Å². The van der Waals surface area contributed by atoms with Crippen molar-refractivity contribution in [2.75, 3.05) is 25.5 Å². The number of para-hydroxylation sites is 1. The monoisotopic (exact) mass is 545 g/mol. The number of amides is 1. The van der Waals surface area contributed by atoms with Gasteiger partial charge in [0.15, 0.2) is 5.78 Å². The molecule has 1 saturated heterocycles. The van der Waals surface area contributed by atoms with Gasteiger partial charge in [0.2, 0.25) is 0 Å². The van der Waals surface area contributed by atoms with E-state index in [-0.39, 0.29) is 17.7 Å². The normalized spacial score (nSPS) is 22.7. The molecule has 2 aliphatic carbocycles. The van der Waals surface area contributed by atoms with Crippen LogP contribution < -0.4 is 15.5 Å². The van der Waals surface area contributed by atoms with Crippen LogP contribution in [0, 0.1) is 11.8 Å². The van der Waals surface area contributed by atoms with E-state index in [2.05, 4.69) is 27.7 Å². The molecule has 1 aromatic heterocycles. The van der Waals surface area contributed by atoms with Gasteiger partial charge in [-0.25, -0.2) is 9.97 Å². The molecule has 0 radical (unpaired) electrons. The second-order valence-electron chi connectivity index (χ2n) is 12.0. The van der Waals surface area contributed by atoms with Gasteiger partial charge in [-0.2, -0.15) is 0 Å². The Balaban J connectivity index is 0.906. The lowest BCUT2D eigenvalue weighted by Crippen LogP contribution is -2.31. The van der Waals surface area contributed by atoms with Gasteiger partial charge in [0.25, 0.3) is 5.91 Å². The Morgan fingerprint density at radius 3 is 2.39 bits per heavy atom. The Labute approximate surface area is 240 Å². The van der Waals surface area contributed by atoms with E-state index in [1.54, 1.807) is 6.07 Å². The molecule has 1 saturated carbocycles. The lowest BCUT2D eigenvalue weighted by Gasteiger charge is -2.28. The summed E-state index contributed by atoms with van der Waals surface area (Å²) in [5.74, 6) is 2.94. The van der Waals surface area contributed by atoms with Gasteiger partial charge in [0, 0.05) is 48.8 Å². The maximum atomic E-state index is 13.0. The molecular weight excluding hydrogens is 510 g/mol. The highest BCUT2D eigenvalue weighted by Crippen LogP contribution is 2.40. The Morgan fingerprint density at radius 1 is 0.878 bits per heavy atom. The van der Waals surface area contributed by atoms with Crippen LogP contribution >= 0.6 is 0 Å². The number of hydrogen-bond acceptors (Lipinski definition) is 6. The maximum absolute atomic E-state index is 13.0. The zero-order valence-electron chi connectivity index (χ0n) is 23.6. The summed E-state index contributed by atoms with van der Waals surface area (Å²) in [6.07, 6.45) is 5.75. The number of nitrogens with zero attached hydrogens (tertiary/aromatic N) is 3. The van der Waals surface area contributed by atoms with Crippen LogP contribution in [-0.4, -0.2) is 48.3 Å². The third-order valence-corrected chi connectivity index (χ3v) is 9.08. The predicted molar refractivity (Wildman–Crippen MR) is 161 cm³/mol. The summed E-state index contributed by atoms with van der Waals surface area (Å²) in [5, 5.41) is 7.86. The number of fused-ring (bicyclic) bond motifs is 4. The highest BCUT2D eigenvalue weighted by molar-refractivity contribution is 6.22. The topological polar surface area (TPSA) is 97.1 Å². The fraction of sp³-hybridized carbons (Fsp3) is 0.353. The Morgan fingerprint density at radius 2 is 1.59 bits per heavy atom. The van der Waals surface area contributed by atoms with Crippen LogP contribution in [0.5, 0.6) is 0 Å². The molecule has 2 fully saturated rings. The average molecular weight is 546 g/mol. The van der Waals surface area contributed by atoms with E-state index in [1.165, 1.54) is 12.8 Å². The highest BCUT2D eigenvalue weighted by atomic mass is 16.1. The van der Waals surface area contributed by atoms with Gasteiger partial charge in [-0.05, 0) is 66.5 Å². The van der Waals surface area contributed by atoms with Gasteiger partial charge in [0.1, 0.15) is 11.6 Å². The molecule has 1 amide bonds. The quantitative estimate of drug-likeness (QED) is 0.261. The van der Waals surface area contributed by atoms with E-state index >= 15 is 0 Å². The average Bonchev–Trinajstić information content (AvgIpc) is 3.72. The number of nitrogens with one attached hydrogen (secondary N) is 2. The molecule has 2 N–H and O–H groups in total. The summed E-state index contributed by atoms with van der Waals surface area (Å²) >= 11 is 0. The molecule has 208 valence electrons. The first-order chi connectivity index (χ1) is 20.0. The molecule has 2 atom stereocenters. The summed E-state index contributed by atoms with van der Waals surface area (Å²) in [5.41, 5.74) is 4.75. The number of ketones is 1. The molecule has 0 spiro atoms. The second kappa shape index (κ2) is 10.4. The summed E-state index contributed by atoms with van der Waals surface area (Å²) < 4.78 is 0. The summed E-state index contributed by atoms with van der Waals surface area (Å²) in [4.78, 5) is 37.6. The Hall–Kier alpha value is -4.10. The molecule has 2 unspecified atom stereocenters. The van der Waals surface area contributed by atoms with Crippen molar-refractivity contribution in [2.45, 2.75) is 44.2 Å². The molecule has 3 aliphatic rings. The van der Waals surface area contributed by atoms with Crippen LogP contribution in [0.3, 0.4) is 0 Å². The first-order valence-electron chi connectivity index (χ1n) is 14.7. The van der Waals surface area contributed by atoms with Crippen LogP contribution in [0.25, 0.3) is 22.0 Å². The molecule has 1 aliphatic heterocycles. The fourth-order valence-electron chi connectivity index (χ4n) is 6.73. The number of anilines is 1. The summed E-state index contributed by atoms with van der Waals surface area (Å²) in [6.45, 7) is 0.680. The van der Waals surface area contributed by atoms with Crippen molar-refractivity contribution in [3.8, 4) is 11.1 Å².